The summed E-state index contributed by atoms with van der Waals surface area (Å²) in [5.41, 5.74) is 8.19. The lowest BCUT2D eigenvalue weighted by Crippen LogP contribution is -2.33. The first-order valence-electron chi connectivity index (χ1n) is 6.48. The van der Waals surface area contributed by atoms with Crippen molar-refractivity contribution in [2.45, 2.75) is 18.9 Å². The first-order chi connectivity index (χ1) is 9.20. The van der Waals surface area contributed by atoms with Gasteiger partial charge in [-0.15, -0.1) is 0 Å². The van der Waals surface area contributed by atoms with Crippen molar-refractivity contribution in [1.29, 1.82) is 0 Å². The zero-order valence-corrected chi connectivity index (χ0v) is 11.8. The first kappa shape index (κ1) is 13.9. The number of nitrogens with one attached hydrogen (secondary N) is 1. The van der Waals surface area contributed by atoms with E-state index in [0.29, 0.717) is 12.5 Å². The molecule has 0 aliphatic carbocycles. The van der Waals surface area contributed by atoms with E-state index in [2.05, 4.69) is 36.5 Å². The minimum Gasteiger partial charge on any atom is -0.380 e. The molecule has 0 saturated carbocycles. The van der Waals surface area contributed by atoms with Crippen LogP contribution >= 0.6 is 11.6 Å². The monoisotopic (exact) mass is 274 g/mol. The third-order valence-electron chi connectivity index (χ3n) is 3.36. The van der Waals surface area contributed by atoms with Crippen molar-refractivity contribution in [2.24, 2.45) is 5.73 Å². The highest BCUT2D eigenvalue weighted by atomic mass is 35.5. The highest BCUT2D eigenvalue weighted by molar-refractivity contribution is 6.30. The Morgan fingerprint density at radius 2 is 1.84 bits per heavy atom. The Morgan fingerprint density at radius 1 is 1.11 bits per heavy atom. The van der Waals surface area contributed by atoms with Crippen LogP contribution in [0.4, 0.5) is 5.69 Å². The van der Waals surface area contributed by atoms with Crippen molar-refractivity contribution in [2.75, 3.05) is 11.9 Å². The maximum absolute atomic E-state index is 6.00. The Balaban J connectivity index is 2.12. The van der Waals surface area contributed by atoms with Crippen molar-refractivity contribution >= 4 is 17.3 Å². The largest absolute Gasteiger partial charge is 0.380 e. The smallest absolute Gasteiger partial charge is 0.0449 e. The Hall–Kier alpha value is -1.51. The van der Waals surface area contributed by atoms with Crippen LogP contribution in [0.2, 0.25) is 5.02 Å². The van der Waals surface area contributed by atoms with E-state index >= 15 is 0 Å². The Morgan fingerprint density at radius 3 is 2.47 bits per heavy atom. The summed E-state index contributed by atoms with van der Waals surface area (Å²) < 4.78 is 0. The van der Waals surface area contributed by atoms with Gasteiger partial charge in [0.2, 0.25) is 0 Å². The minimum atomic E-state index is 0.181. The zero-order chi connectivity index (χ0) is 13.7. The fourth-order valence-corrected chi connectivity index (χ4v) is 2.36. The molecule has 0 amide bonds. The second-order valence-corrected chi connectivity index (χ2v) is 5.13. The molecule has 0 aliphatic rings. The molecule has 2 nitrogen and oxygen atoms in total. The SMILES string of the molecule is CC(c1ccccc1)C(CN)Nc1cccc(Cl)c1. The van der Waals surface area contributed by atoms with Crippen LogP contribution in [0.1, 0.15) is 18.4 Å². The molecule has 0 saturated heterocycles. The van der Waals surface area contributed by atoms with E-state index in [-0.39, 0.29) is 6.04 Å². The van der Waals surface area contributed by atoms with Gasteiger partial charge in [0, 0.05) is 29.2 Å². The van der Waals surface area contributed by atoms with Crippen molar-refractivity contribution < 1.29 is 0 Å². The lowest BCUT2D eigenvalue weighted by atomic mass is 9.93. The number of rotatable bonds is 5. The number of nitrogens with two attached hydrogens (primary N) is 1. The summed E-state index contributed by atoms with van der Waals surface area (Å²) in [7, 11) is 0. The maximum Gasteiger partial charge on any atom is 0.0449 e. The van der Waals surface area contributed by atoms with Crippen LogP contribution in [-0.4, -0.2) is 12.6 Å². The lowest BCUT2D eigenvalue weighted by molar-refractivity contribution is 0.611. The van der Waals surface area contributed by atoms with Crippen LogP contribution in [0.25, 0.3) is 0 Å². The molecule has 0 spiro atoms. The molecule has 0 aromatic heterocycles. The second-order valence-electron chi connectivity index (χ2n) is 4.70. The molecule has 2 aromatic carbocycles. The average Bonchev–Trinajstić information content (AvgIpc) is 2.45. The van der Waals surface area contributed by atoms with E-state index in [0.717, 1.165) is 10.7 Å². The highest BCUT2D eigenvalue weighted by Gasteiger charge is 2.17. The van der Waals surface area contributed by atoms with Crippen LogP contribution in [0, 0.1) is 0 Å². The molecule has 2 rings (SSSR count). The predicted octanol–water partition coefficient (Wildman–Crippen LogP) is 3.88. The maximum atomic E-state index is 6.00. The van der Waals surface area contributed by atoms with Gasteiger partial charge in [-0.2, -0.15) is 0 Å². The van der Waals surface area contributed by atoms with E-state index in [1.807, 2.05) is 30.3 Å². The topological polar surface area (TPSA) is 38.0 Å². The lowest BCUT2D eigenvalue weighted by Gasteiger charge is -2.25. The predicted molar refractivity (Wildman–Crippen MR) is 82.8 cm³/mol. The molecule has 0 heterocycles. The molecule has 3 heteroatoms. The molecule has 2 atom stereocenters. The second kappa shape index (κ2) is 6.60. The van der Waals surface area contributed by atoms with Gasteiger partial charge in [0.15, 0.2) is 0 Å². The van der Waals surface area contributed by atoms with Crippen molar-refractivity contribution in [3.63, 3.8) is 0 Å². The van der Waals surface area contributed by atoms with Gasteiger partial charge >= 0.3 is 0 Å². The molecule has 100 valence electrons. The van der Waals surface area contributed by atoms with Crippen molar-refractivity contribution in [3.05, 3.63) is 65.2 Å². The van der Waals surface area contributed by atoms with Gasteiger partial charge in [-0.05, 0) is 23.8 Å². The Bertz CT molecular complexity index is 513. The van der Waals surface area contributed by atoms with Crippen molar-refractivity contribution in [1.82, 2.24) is 0 Å². The quantitative estimate of drug-likeness (QED) is 0.868. The third kappa shape index (κ3) is 3.72. The first-order valence-corrected chi connectivity index (χ1v) is 6.85. The molecule has 2 aromatic rings. The van der Waals surface area contributed by atoms with E-state index in [4.69, 9.17) is 17.3 Å². The standard InChI is InChI=1S/C16H19ClN2/c1-12(13-6-3-2-4-7-13)16(11-18)19-15-9-5-8-14(17)10-15/h2-10,12,16,19H,11,18H2,1H3. The van der Waals surface area contributed by atoms with Gasteiger partial charge in [-0.25, -0.2) is 0 Å². The van der Waals surface area contributed by atoms with Gasteiger partial charge in [-0.1, -0.05) is 54.9 Å². The Labute approximate surface area is 119 Å². The normalized spacial score (nSPS) is 13.8. The van der Waals surface area contributed by atoms with E-state index in [9.17, 15) is 0 Å². The zero-order valence-electron chi connectivity index (χ0n) is 11.0. The summed E-state index contributed by atoms with van der Waals surface area (Å²) in [5.74, 6) is 0.338. The minimum absolute atomic E-state index is 0.181. The van der Waals surface area contributed by atoms with E-state index in [1.54, 1.807) is 0 Å². The summed E-state index contributed by atoms with van der Waals surface area (Å²) in [5, 5.41) is 4.19. The molecule has 0 bridgehead atoms. The number of halogens is 1. The molecule has 0 radical (unpaired) electrons. The summed E-state index contributed by atoms with van der Waals surface area (Å²) in [6, 6.07) is 18.3. The van der Waals surface area contributed by atoms with E-state index in [1.165, 1.54) is 5.56 Å². The van der Waals surface area contributed by atoms with Crippen LogP contribution in [-0.2, 0) is 0 Å². The molecule has 3 N–H and O–H groups in total. The van der Waals surface area contributed by atoms with Gasteiger partial charge < -0.3 is 11.1 Å². The molecule has 19 heavy (non-hydrogen) atoms. The fourth-order valence-electron chi connectivity index (χ4n) is 2.17. The third-order valence-corrected chi connectivity index (χ3v) is 3.59. The van der Waals surface area contributed by atoms with Crippen molar-refractivity contribution in [3.8, 4) is 0 Å². The molecule has 0 aliphatic heterocycles. The van der Waals surface area contributed by atoms with Gasteiger partial charge in [0.25, 0.3) is 0 Å². The van der Waals surface area contributed by atoms with Crippen LogP contribution < -0.4 is 11.1 Å². The fraction of sp³-hybridized carbons (Fsp3) is 0.250. The van der Waals surface area contributed by atoms with Crippen LogP contribution in [0.3, 0.4) is 0 Å². The Kier molecular flexibility index (Phi) is 4.83. The van der Waals surface area contributed by atoms with Gasteiger partial charge in [0.1, 0.15) is 0 Å². The van der Waals surface area contributed by atoms with Gasteiger partial charge in [-0.3, -0.25) is 0 Å². The van der Waals surface area contributed by atoms with Crippen LogP contribution in [0.15, 0.2) is 54.6 Å². The summed E-state index contributed by atoms with van der Waals surface area (Å²) >= 11 is 6.00. The van der Waals surface area contributed by atoms with Crippen LogP contribution in [0.5, 0.6) is 0 Å². The van der Waals surface area contributed by atoms with E-state index < -0.39 is 0 Å². The molecule has 0 fully saturated rings. The van der Waals surface area contributed by atoms with Gasteiger partial charge in [0.05, 0.1) is 0 Å². The molecular formula is C16H19ClN2. The number of benzene rings is 2. The number of hydrogen-bond donors (Lipinski definition) is 2. The average molecular weight is 275 g/mol. The molecular weight excluding hydrogens is 256 g/mol. The number of hydrogen-bond acceptors (Lipinski definition) is 2. The summed E-state index contributed by atoms with van der Waals surface area (Å²) in [4.78, 5) is 0. The molecule has 2 unspecified atom stereocenters. The number of anilines is 1. The summed E-state index contributed by atoms with van der Waals surface area (Å²) in [6.07, 6.45) is 0. The summed E-state index contributed by atoms with van der Waals surface area (Å²) in [6.45, 7) is 2.76. The highest BCUT2D eigenvalue weighted by Crippen LogP contribution is 2.23.